The highest BCUT2D eigenvalue weighted by atomic mass is 32.4. The summed E-state index contributed by atoms with van der Waals surface area (Å²) in [6, 6.07) is 17.2. The minimum Gasteiger partial charge on any atom is -0.0620 e. The van der Waals surface area contributed by atoms with Crippen molar-refractivity contribution >= 4 is 23.8 Å². The molecule has 0 nitrogen and oxygen atoms in total. The molecule has 0 heterocycles. The van der Waals surface area contributed by atoms with Crippen molar-refractivity contribution in [3.63, 3.8) is 0 Å². The Hall–Kier alpha value is -1.04. The number of hydrogen-bond donors (Lipinski definition) is 0. The Balaban J connectivity index is 2.17. The Morgan fingerprint density at radius 2 is 1.59 bits per heavy atom. The first kappa shape index (κ1) is 12.4. The first-order chi connectivity index (χ1) is 8.16. The minimum atomic E-state index is -0.497. The molecule has 0 saturated carbocycles. The maximum absolute atomic E-state index is 5.65. The van der Waals surface area contributed by atoms with Gasteiger partial charge in [-0.2, -0.15) is 0 Å². The van der Waals surface area contributed by atoms with Gasteiger partial charge in [0.1, 0.15) is 6.16 Å². The van der Waals surface area contributed by atoms with E-state index in [-0.39, 0.29) is 0 Å². The van der Waals surface area contributed by atoms with Gasteiger partial charge < -0.3 is 0 Å². The number of rotatable bonds is 3. The first-order valence-electron chi connectivity index (χ1n) is 5.72. The summed E-state index contributed by atoms with van der Waals surface area (Å²) in [6.07, 6.45) is 1.00. The van der Waals surface area contributed by atoms with Crippen LogP contribution in [0, 0.1) is 13.8 Å². The number of hydrogen-bond acceptors (Lipinski definition) is 1. The first-order valence-corrected chi connectivity index (χ1v) is 8.26. The van der Waals surface area contributed by atoms with Crippen LogP contribution in [0.1, 0.15) is 16.7 Å². The maximum Gasteiger partial charge on any atom is 0.217 e. The molecule has 17 heavy (non-hydrogen) atoms. The van der Waals surface area contributed by atoms with Crippen LogP contribution in [0.4, 0.5) is 0 Å². The van der Waals surface area contributed by atoms with Crippen LogP contribution in [0.25, 0.3) is 0 Å². The Morgan fingerprint density at radius 1 is 0.941 bits per heavy atom. The Bertz CT molecular complexity index is 529. The Kier molecular flexibility index (Phi) is 4.04. The minimum absolute atomic E-state index is 0.497. The molecule has 0 fully saturated rings. The van der Waals surface area contributed by atoms with Crippen molar-refractivity contribution < 1.29 is 0 Å². The van der Waals surface area contributed by atoms with E-state index in [4.69, 9.17) is 11.8 Å². The second-order valence-electron chi connectivity index (χ2n) is 4.30. The van der Waals surface area contributed by atoms with Crippen molar-refractivity contribution in [3.8, 4) is 0 Å². The summed E-state index contributed by atoms with van der Waals surface area (Å²) in [5.41, 5.74) is 4.02. The van der Waals surface area contributed by atoms with Gasteiger partial charge in [0.25, 0.3) is 0 Å². The van der Waals surface area contributed by atoms with E-state index in [9.17, 15) is 0 Å². The fraction of sp³-hybridized carbons (Fsp3) is 0.200. The number of benzene rings is 2. The van der Waals surface area contributed by atoms with Crippen LogP contribution in [-0.4, -0.2) is 0 Å². The highest BCUT2D eigenvalue weighted by Crippen LogP contribution is 2.27. The highest BCUT2D eigenvalue weighted by Gasteiger charge is 2.15. The predicted molar refractivity (Wildman–Crippen MR) is 80.0 cm³/mol. The van der Waals surface area contributed by atoms with Gasteiger partial charge in [0.05, 0.1) is 0 Å². The second-order valence-corrected chi connectivity index (χ2v) is 7.21. The van der Waals surface area contributed by atoms with Gasteiger partial charge in [0.2, 0.25) is 6.70 Å². The zero-order valence-electron chi connectivity index (χ0n) is 10.2. The molecule has 2 aromatic carbocycles. The van der Waals surface area contributed by atoms with E-state index in [2.05, 4.69) is 62.4 Å². The molecular formula is C15H16PS+. The third-order valence-electron chi connectivity index (χ3n) is 2.90. The van der Waals surface area contributed by atoms with Crippen LogP contribution >= 0.6 is 6.70 Å². The van der Waals surface area contributed by atoms with Gasteiger partial charge in [-0.15, -0.1) is 0 Å². The van der Waals surface area contributed by atoms with Gasteiger partial charge in [-0.25, -0.2) is 0 Å². The van der Waals surface area contributed by atoms with E-state index in [1.54, 1.807) is 0 Å². The van der Waals surface area contributed by atoms with Crippen LogP contribution in [-0.2, 0) is 18.0 Å². The third kappa shape index (κ3) is 3.21. The molecule has 0 aliphatic carbocycles. The molecule has 1 atom stereocenters. The van der Waals surface area contributed by atoms with Gasteiger partial charge in [0, 0.05) is 5.56 Å². The topological polar surface area (TPSA) is 0 Å². The van der Waals surface area contributed by atoms with Crippen molar-refractivity contribution in [1.29, 1.82) is 0 Å². The summed E-state index contributed by atoms with van der Waals surface area (Å²) in [6.45, 7) is 3.77. The van der Waals surface area contributed by atoms with E-state index in [0.29, 0.717) is 0 Å². The van der Waals surface area contributed by atoms with Crippen molar-refractivity contribution in [2.24, 2.45) is 0 Å². The monoisotopic (exact) mass is 259 g/mol. The molecule has 0 bridgehead atoms. The summed E-state index contributed by atoms with van der Waals surface area (Å²) in [4.78, 5) is 0. The van der Waals surface area contributed by atoms with Crippen molar-refractivity contribution in [1.82, 2.24) is 0 Å². The zero-order valence-corrected chi connectivity index (χ0v) is 11.9. The summed E-state index contributed by atoms with van der Waals surface area (Å²) >= 11 is 5.65. The average Bonchev–Trinajstić information content (AvgIpc) is 2.33. The van der Waals surface area contributed by atoms with Gasteiger partial charge >= 0.3 is 0 Å². The average molecular weight is 259 g/mol. The lowest BCUT2D eigenvalue weighted by atomic mass is 10.1. The van der Waals surface area contributed by atoms with E-state index in [1.165, 1.54) is 22.0 Å². The Morgan fingerprint density at radius 3 is 2.24 bits per heavy atom. The lowest BCUT2D eigenvalue weighted by molar-refractivity contribution is 1.31. The SMILES string of the molecule is Cc1ccc([P+](=S)Cc2ccccc2C)cc1. The van der Waals surface area contributed by atoms with E-state index < -0.39 is 6.70 Å². The molecule has 2 rings (SSSR count). The summed E-state index contributed by atoms with van der Waals surface area (Å²) in [5, 5.41) is 1.31. The van der Waals surface area contributed by atoms with Gasteiger partial charge in [-0.05, 0) is 31.5 Å². The molecule has 0 spiro atoms. The molecule has 0 radical (unpaired) electrons. The molecule has 2 aromatic rings. The molecule has 86 valence electrons. The standard InChI is InChI=1S/C15H16PS/c1-12-7-9-15(10-8-12)16(17)11-14-6-4-3-5-13(14)2/h3-10H,11H2,1-2H3/q+1. The van der Waals surface area contributed by atoms with Crippen LogP contribution in [0.2, 0.25) is 0 Å². The van der Waals surface area contributed by atoms with Crippen molar-refractivity contribution in [2.75, 3.05) is 0 Å². The van der Waals surface area contributed by atoms with Gasteiger partial charge in [-0.3, -0.25) is 0 Å². The van der Waals surface area contributed by atoms with Crippen LogP contribution < -0.4 is 5.30 Å². The van der Waals surface area contributed by atoms with Crippen molar-refractivity contribution in [3.05, 3.63) is 65.2 Å². The van der Waals surface area contributed by atoms with Gasteiger partial charge in [0.15, 0.2) is 17.1 Å². The summed E-state index contributed by atoms with van der Waals surface area (Å²) in [5.74, 6) is 0. The summed E-state index contributed by atoms with van der Waals surface area (Å²) in [7, 11) is 0. The summed E-state index contributed by atoms with van der Waals surface area (Å²) < 4.78 is 0. The Labute approximate surface area is 109 Å². The smallest absolute Gasteiger partial charge is 0.0620 e. The zero-order chi connectivity index (χ0) is 12.3. The molecule has 0 aromatic heterocycles. The largest absolute Gasteiger partial charge is 0.217 e. The van der Waals surface area contributed by atoms with E-state index in [0.717, 1.165) is 6.16 Å². The molecular weight excluding hydrogens is 243 g/mol. The molecule has 0 saturated heterocycles. The van der Waals surface area contributed by atoms with Crippen LogP contribution in [0.15, 0.2) is 48.5 Å². The lowest BCUT2D eigenvalue weighted by Gasteiger charge is -2.00. The fourth-order valence-electron chi connectivity index (χ4n) is 1.74. The molecule has 2 heteroatoms. The molecule has 0 aliphatic rings. The molecule has 0 N–H and O–H groups in total. The normalized spacial score (nSPS) is 11.3. The maximum atomic E-state index is 5.65. The predicted octanol–water partition coefficient (Wildman–Crippen LogP) is 4.07. The quantitative estimate of drug-likeness (QED) is 0.749. The highest BCUT2D eigenvalue weighted by molar-refractivity contribution is 8.08. The number of aryl methyl sites for hydroxylation is 2. The molecule has 0 amide bonds. The van der Waals surface area contributed by atoms with Crippen LogP contribution in [0.3, 0.4) is 0 Å². The molecule has 0 aliphatic heterocycles. The van der Waals surface area contributed by atoms with Crippen molar-refractivity contribution in [2.45, 2.75) is 20.0 Å². The molecule has 1 unspecified atom stereocenters. The fourth-order valence-corrected chi connectivity index (χ4v) is 3.86. The lowest BCUT2D eigenvalue weighted by Crippen LogP contribution is -1.97. The third-order valence-corrected chi connectivity index (χ3v) is 5.42. The second kappa shape index (κ2) is 5.53. The van der Waals surface area contributed by atoms with E-state index >= 15 is 0 Å². The van der Waals surface area contributed by atoms with Gasteiger partial charge in [-0.1, -0.05) is 42.0 Å². The van der Waals surface area contributed by atoms with E-state index in [1.807, 2.05) is 0 Å². The van der Waals surface area contributed by atoms with Crippen LogP contribution in [0.5, 0.6) is 0 Å².